The van der Waals surface area contributed by atoms with Crippen molar-refractivity contribution < 1.29 is 9.26 Å². The Balaban J connectivity index is 2.28. The van der Waals surface area contributed by atoms with Crippen molar-refractivity contribution in [3.63, 3.8) is 0 Å². The maximum atomic E-state index is 6.05. The van der Waals surface area contributed by atoms with Gasteiger partial charge in [0.05, 0.1) is 6.61 Å². The fourth-order valence-corrected chi connectivity index (χ4v) is 1.63. The molecule has 1 heterocycles. The minimum atomic E-state index is -0.749. The number of nitrogens with two attached hydrogens (primary N) is 1. The summed E-state index contributed by atoms with van der Waals surface area (Å²) in [6.07, 6.45) is 0. The first-order chi connectivity index (χ1) is 8.53. The Morgan fingerprint density at radius 1 is 1.33 bits per heavy atom. The number of methoxy groups -OCH3 is 1. The van der Waals surface area contributed by atoms with Gasteiger partial charge in [-0.05, 0) is 26.0 Å². The third-order valence-corrected chi connectivity index (χ3v) is 2.68. The van der Waals surface area contributed by atoms with Crippen molar-refractivity contribution in [2.45, 2.75) is 19.4 Å². The zero-order valence-electron chi connectivity index (χ0n) is 10.8. The second-order valence-corrected chi connectivity index (χ2v) is 4.64. The summed E-state index contributed by atoms with van der Waals surface area (Å²) in [5.41, 5.74) is 7.37. The van der Waals surface area contributed by atoms with Gasteiger partial charge in [0, 0.05) is 12.7 Å². The standard InChI is InChI=1S/C13H17N3O2/c1-9-4-6-10(7-5-9)11-15-12(16-18-11)13(2,14)8-17-3/h4-7H,8,14H2,1-3H3. The Morgan fingerprint density at radius 3 is 2.61 bits per heavy atom. The Labute approximate surface area is 106 Å². The monoisotopic (exact) mass is 247 g/mol. The van der Waals surface area contributed by atoms with Crippen molar-refractivity contribution in [1.82, 2.24) is 10.1 Å². The highest BCUT2D eigenvalue weighted by molar-refractivity contribution is 5.53. The van der Waals surface area contributed by atoms with Gasteiger partial charge in [-0.1, -0.05) is 22.9 Å². The van der Waals surface area contributed by atoms with Crippen LogP contribution in [0.25, 0.3) is 11.5 Å². The van der Waals surface area contributed by atoms with E-state index in [2.05, 4.69) is 10.1 Å². The van der Waals surface area contributed by atoms with Gasteiger partial charge in [0.1, 0.15) is 5.54 Å². The minimum absolute atomic E-state index is 0.333. The molecule has 1 unspecified atom stereocenters. The number of rotatable bonds is 4. The highest BCUT2D eigenvalue weighted by Crippen LogP contribution is 2.21. The first-order valence-electron chi connectivity index (χ1n) is 5.72. The van der Waals surface area contributed by atoms with Gasteiger partial charge < -0.3 is 15.0 Å². The number of hydrogen-bond acceptors (Lipinski definition) is 5. The van der Waals surface area contributed by atoms with Crippen LogP contribution in [0.1, 0.15) is 18.3 Å². The van der Waals surface area contributed by atoms with Crippen LogP contribution in [0.4, 0.5) is 0 Å². The molecule has 5 nitrogen and oxygen atoms in total. The molecule has 0 aliphatic carbocycles. The van der Waals surface area contributed by atoms with E-state index < -0.39 is 5.54 Å². The van der Waals surface area contributed by atoms with Crippen LogP contribution in [0, 0.1) is 6.92 Å². The summed E-state index contributed by atoms with van der Waals surface area (Å²) in [5.74, 6) is 0.915. The van der Waals surface area contributed by atoms with E-state index in [1.165, 1.54) is 5.56 Å². The molecule has 2 N–H and O–H groups in total. The summed E-state index contributed by atoms with van der Waals surface area (Å²) in [6.45, 7) is 4.17. The van der Waals surface area contributed by atoms with Crippen LogP contribution in [-0.4, -0.2) is 23.9 Å². The average molecular weight is 247 g/mol. The molecule has 0 aliphatic heterocycles. The molecule has 0 radical (unpaired) electrons. The van der Waals surface area contributed by atoms with E-state index in [1.807, 2.05) is 31.2 Å². The molecule has 1 aromatic carbocycles. The van der Waals surface area contributed by atoms with Gasteiger partial charge in [0.25, 0.3) is 5.89 Å². The lowest BCUT2D eigenvalue weighted by atomic mass is 10.1. The molecule has 2 rings (SSSR count). The fourth-order valence-electron chi connectivity index (χ4n) is 1.63. The molecule has 0 amide bonds. The molecule has 1 aromatic heterocycles. The molecule has 96 valence electrons. The first-order valence-corrected chi connectivity index (χ1v) is 5.72. The lowest BCUT2D eigenvalue weighted by Gasteiger charge is -2.18. The predicted molar refractivity (Wildman–Crippen MR) is 67.9 cm³/mol. The largest absolute Gasteiger partial charge is 0.382 e. The average Bonchev–Trinajstić information content (AvgIpc) is 2.80. The number of nitrogens with zero attached hydrogens (tertiary/aromatic N) is 2. The van der Waals surface area contributed by atoms with Crippen molar-refractivity contribution in [2.24, 2.45) is 5.73 Å². The van der Waals surface area contributed by atoms with E-state index in [1.54, 1.807) is 14.0 Å². The molecule has 5 heteroatoms. The topological polar surface area (TPSA) is 74.2 Å². The van der Waals surface area contributed by atoms with Crippen LogP contribution in [0.3, 0.4) is 0 Å². The van der Waals surface area contributed by atoms with Crippen molar-refractivity contribution in [3.05, 3.63) is 35.7 Å². The van der Waals surface area contributed by atoms with E-state index in [-0.39, 0.29) is 0 Å². The van der Waals surface area contributed by atoms with E-state index >= 15 is 0 Å². The molecule has 0 fully saturated rings. The molecular formula is C13H17N3O2. The van der Waals surface area contributed by atoms with Crippen molar-refractivity contribution in [1.29, 1.82) is 0 Å². The molecule has 0 saturated carbocycles. The highest BCUT2D eigenvalue weighted by atomic mass is 16.5. The summed E-state index contributed by atoms with van der Waals surface area (Å²) >= 11 is 0. The second kappa shape index (κ2) is 4.88. The van der Waals surface area contributed by atoms with Crippen molar-refractivity contribution in [3.8, 4) is 11.5 Å². The number of ether oxygens (including phenoxy) is 1. The molecule has 18 heavy (non-hydrogen) atoms. The summed E-state index contributed by atoms with van der Waals surface area (Å²) in [4.78, 5) is 4.32. The first kappa shape index (κ1) is 12.7. The van der Waals surface area contributed by atoms with Gasteiger partial charge in [-0.15, -0.1) is 0 Å². The maximum absolute atomic E-state index is 6.05. The van der Waals surface area contributed by atoms with Crippen LogP contribution >= 0.6 is 0 Å². The Hall–Kier alpha value is -1.72. The van der Waals surface area contributed by atoms with Crippen LogP contribution in [0.2, 0.25) is 0 Å². The third kappa shape index (κ3) is 2.57. The SMILES string of the molecule is COCC(C)(N)c1noc(-c2ccc(C)cc2)n1. The normalized spacial score (nSPS) is 14.4. The number of hydrogen-bond donors (Lipinski definition) is 1. The lowest BCUT2D eigenvalue weighted by Crippen LogP contribution is -2.38. The number of aryl methyl sites for hydroxylation is 1. The van der Waals surface area contributed by atoms with Gasteiger partial charge in [-0.2, -0.15) is 4.98 Å². The zero-order chi connectivity index (χ0) is 13.2. The summed E-state index contributed by atoms with van der Waals surface area (Å²) in [5, 5.41) is 3.91. The number of benzene rings is 1. The summed E-state index contributed by atoms with van der Waals surface area (Å²) in [6, 6.07) is 7.87. The van der Waals surface area contributed by atoms with E-state index in [4.69, 9.17) is 15.0 Å². The summed E-state index contributed by atoms with van der Waals surface area (Å²) < 4.78 is 10.3. The fraction of sp³-hybridized carbons (Fsp3) is 0.385. The second-order valence-electron chi connectivity index (χ2n) is 4.64. The quantitative estimate of drug-likeness (QED) is 0.892. The Kier molecular flexibility index (Phi) is 3.45. The van der Waals surface area contributed by atoms with E-state index in [0.717, 1.165) is 5.56 Å². The van der Waals surface area contributed by atoms with Crippen LogP contribution < -0.4 is 5.73 Å². The van der Waals surface area contributed by atoms with Crippen molar-refractivity contribution in [2.75, 3.05) is 13.7 Å². The Morgan fingerprint density at radius 2 is 2.00 bits per heavy atom. The molecule has 1 atom stereocenters. The molecule has 0 bridgehead atoms. The van der Waals surface area contributed by atoms with Gasteiger partial charge in [0.15, 0.2) is 5.82 Å². The van der Waals surface area contributed by atoms with Crippen LogP contribution in [0.15, 0.2) is 28.8 Å². The van der Waals surface area contributed by atoms with Gasteiger partial charge in [0.2, 0.25) is 0 Å². The van der Waals surface area contributed by atoms with Gasteiger partial charge in [-0.3, -0.25) is 0 Å². The molecule has 0 aliphatic rings. The van der Waals surface area contributed by atoms with E-state index in [0.29, 0.717) is 18.3 Å². The van der Waals surface area contributed by atoms with Crippen LogP contribution in [-0.2, 0) is 10.3 Å². The highest BCUT2D eigenvalue weighted by Gasteiger charge is 2.27. The van der Waals surface area contributed by atoms with Gasteiger partial charge >= 0.3 is 0 Å². The molecular weight excluding hydrogens is 230 g/mol. The lowest BCUT2D eigenvalue weighted by molar-refractivity contribution is 0.135. The predicted octanol–water partition coefficient (Wildman–Crippen LogP) is 1.87. The van der Waals surface area contributed by atoms with Crippen molar-refractivity contribution >= 4 is 0 Å². The number of aromatic nitrogens is 2. The molecule has 0 spiro atoms. The third-order valence-electron chi connectivity index (χ3n) is 2.68. The smallest absolute Gasteiger partial charge is 0.257 e. The molecule has 0 saturated heterocycles. The zero-order valence-corrected chi connectivity index (χ0v) is 10.8. The summed E-state index contributed by atoms with van der Waals surface area (Å²) in [7, 11) is 1.59. The van der Waals surface area contributed by atoms with Crippen LogP contribution in [0.5, 0.6) is 0 Å². The van der Waals surface area contributed by atoms with E-state index in [9.17, 15) is 0 Å². The Bertz CT molecular complexity index is 517. The van der Waals surface area contributed by atoms with Gasteiger partial charge in [-0.25, -0.2) is 0 Å². The minimum Gasteiger partial charge on any atom is -0.382 e. The maximum Gasteiger partial charge on any atom is 0.257 e. The molecule has 2 aromatic rings.